The molecule has 0 saturated carbocycles. The van der Waals surface area contributed by atoms with Crippen LogP contribution in [0.3, 0.4) is 0 Å². The van der Waals surface area contributed by atoms with Crippen molar-refractivity contribution < 1.29 is 38.7 Å². The van der Waals surface area contributed by atoms with Gasteiger partial charge in [0.2, 0.25) is 0 Å². The van der Waals surface area contributed by atoms with Crippen molar-refractivity contribution in [2.24, 2.45) is 0 Å². The zero-order chi connectivity index (χ0) is 25.3. The minimum Gasteiger partial charge on any atom is -0.478 e. The van der Waals surface area contributed by atoms with Crippen LogP contribution in [-0.2, 0) is 11.3 Å². The van der Waals surface area contributed by atoms with Crippen molar-refractivity contribution in [3.63, 3.8) is 0 Å². The molecule has 2 heterocycles. The molecular formula is C23H14N2O9S. The van der Waals surface area contributed by atoms with E-state index in [0.717, 1.165) is 11.0 Å². The van der Waals surface area contributed by atoms with E-state index in [1.165, 1.54) is 48.5 Å². The van der Waals surface area contributed by atoms with E-state index in [-0.39, 0.29) is 50.9 Å². The number of hydrogen-bond acceptors (Lipinski definition) is 8. The number of nitro benzene ring substituents is 1. The minimum atomic E-state index is -1.31. The number of aromatic carboxylic acids is 2. The highest BCUT2D eigenvalue weighted by molar-refractivity contribution is 8.18. The lowest BCUT2D eigenvalue weighted by atomic mass is 10.0. The lowest BCUT2D eigenvalue weighted by Crippen LogP contribution is -2.27. The van der Waals surface area contributed by atoms with Gasteiger partial charge in [-0.05, 0) is 42.1 Å². The third-order valence-electron chi connectivity index (χ3n) is 5.00. The van der Waals surface area contributed by atoms with Gasteiger partial charge in [0.1, 0.15) is 11.5 Å². The van der Waals surface area contributed by atoms with Crippen molar-refractivity contribution in [3.8, 4) is 11.3 Å². The number of amides is 2. The fourth-order valence-corrected chi connectivity index (χ4v) is 4.18. The van der Waals surface area contributed by atoms with Crippen molar-refractivity contribution in [2.45, 2.75) is 6.54 Å². The van der Waals surface area contributed by atoms with Gasteiger partial charge in [-0.3, -0.25) is 24.6 Å². The number of carboxylic acids is 2. The summed E-state index contributed by atoms with van der Waals surface area (Å²) in [6.45, 7) is -0.275. The number of nitro groups is 1. The van der Waals surface area contributed by atoms with E-state index in [1.54, 1.807) is 6.07 Å². The second kappa shape index (κ2) is 9.27. The predicted molar refractivity (Wildman–Crippen MR) is 123 cm³/mol. The molecule has 11 nitrogen and oxygen atoms in total. The molecule has 0 unspecified atom stereocenters. The van der Waals surface area contributed by atoms with Gasteiger partial charge in [-0.2, -0.15) is 0 Å². The van der Waals surface area contributed by atoms with Gasteiger partial charge in [-0.15, -0.1) is 0 Å². The Balaban J connectivity index is 1.60. The SMILES string of the molecule is O=C(O)c1cc(C(=O)O)cc(-c2ccc(/C=C3/SC(=O)N(Cc4ccccc4[N+](=O)[O-])C3=O)o2)c1. The van der Waals surface area contributed by atoms with E-state index in [2.05, 4.69) is 0 Å². The van der Waals surface area contributed by atoms with E-state index < -0.39 is 28.0 Å². The summed E-state index contributed by atoms with van der Waals surface area (Å²) in [5, 5.41) is 29.1. The molecular weight excluding hydrogens is 480 g/mol. The van der Waals surface area contributed by atoms with Crippen LogP contribution in [0.4, 0.5) is 10.5 Å². The second-order valence-corrected chi connectivity index (χ2v) is 8.26. The Bertz CT molecular complexity index is 1410. The molecule has 0 radical (unpaired) electrons. The van der Waals surface area contributed by atoms with E-state index in [4.69, 9.17) is 4.42 Å². The molecule has 35 heavy (non-hydrogen) atoms. The fourth-order valence-electron chi connectivity index (χ4n) is 3.36. The molecule has 4 rings (SSSR count). The highest BCUT2D eigenvalue weighted by Gasteiger charge is 2.36. The number of nitrogens with zero attached hydrogens (tertiary/aromatic N) is 2. The van der Waals surface area contributed by atoms with Crippen LogP contribution < -0.4 is 0 Å². The smallest absolute Gasteiger partial charge is 0.335 e. The van der Waals surface area contributed by atoms with Gasteiger partial charge in [-0.25, -0.2) is 9.59 Å². The van der Waals surface area contributed by atoms with Crippen LogP contribution in [0.25, 0.3) is 17.4 Å². The molecule has 3 aromatic rings. The Morgan fingerprint density at radius 1 is 1.03 bits per heavy atom. The van der Waals surface area contributed by atoms with Crippen LogP contribution in [0.1, 0.15) is 32.0 Å². The number of thioether (sulfide) groups is 1. The van der Waals surface area contributed by atoms with Crippen molar-refractivity contribution in [3.05, 3.63) is 92.1 Å². The van der Waals surface area contributed by atoms with Gasteiger partial charge in [0.05, 0.1) is 27.5 Å². The summed E-state index contributed by atoms with van der Waals surface area (Å²) < 4.78 is 5.64. The zero-order valence-corrected chi connectivity index (χ0v) is 18.4. The number of benzene rings is 2. The highest BCUT2D eigenvalue weighted by Crippen LogP contribution is 2.35. The summed E-state index contributed by atoms with van der Waals surface area (Å²) >= 11 is 0.641. The Kier molecular flexibility index (Phi) is 6.21. The Morgan fingerprint density at radius 3 is 2.31 bits per heavy atom. The molecule has 0 aliphatic carbocycles. The number of hydrogen-bond donors (Lipinski definition) is 2. The normalized spacial score (nSPS) is 14.5. The van der Waals surface area contributed by atoms with Crippen molar-refractivity contribution in [1.82, 2.24) is 4.90 Å². The van der Waals surface area contributed by atoms with Crippen LogP contribution in [0.2, 0.25) is 0 Å². The molecule has 0 atom stereocenters. The van der Waals surface area contributed by atoms with Crippen molar-refractivity contribution in [1.29, 1.82) is 0 Å². The highest BCUT2D eigenvalue weighted by atomic mass is 32.2. The number of imide groups is 1. The first-order valence-corrected chi connectivity index (χ1v) is 10.6. The third kappa shape index (κ3) is 4.82. The topological polar surface area (TPSA) is 168 Å². The first kappa shape index (κ1) is 23.4. The standard InChI is InChI=1S/C23H14N2O9S/c26-20-19(35-23(31)24(20)11-12-3-1-2-4-17(12)25(32)33)10-16-5-6-18(34-16)13-7-14(21(27)28)9-15(8-13)22(29)30/h1-10H,11H2,(H,27,28)(H,29,30)/b19-10+. The van der Waals surface area contributed by atoms with Crippen LogP contribution in [0.15, 0.2) is 63.9 Å². The largest absolute Gasteiger partial charge is 0.478 e. The number of carbonyl (C=O) groups excluding carboxylic acids is 2. The summed E-state index contributed by atoms with van der Waals surface area (Å²) in [4.78, 5) is 59.4. The molecule has 1 saturated heterocycles. The predicted octanol–water partition coefficient (Wildman–Crippen LogP) is 4.49. The molecule has 1 aromatic heterocycles. The third-order valence-corrected chi connectivity index (χ3v) is 5.91. The molecule has 2 N–H and O–H groups in total. The summed E-state index contributed by atoms with van der Waals surface area (Å²) in [5.41, 5.74) is -0.293. The molecule has 1 fully saturated rings. The monoisotopic (exact) mass is 494 g/mol. The van der Waals surface area contributed by atoms with Gasteiger partial charge in [0.25, 0.3) is 16.8 Å². The number of carbonyl (C=O) groups is 4. The Labute approximate surface area is 200 Å². The van der Waals surface area contributed by atoms with Crippen LogP contribution in [-0.4, -0.2) is 43.1 Å². The average Bonchev–Trinajstić information content (AvgIpc) is 3.39. The molecule has 2 aromatic carbocycles. The maximum atomic E-state index is 12.8. The molecule has 0 bridgehead atoms. The van der Waals surface area contributed by atoms with Crippen LogP contribution in [0, 0.1) is 10.1 Å². The van der Waals surface area contributed by atoms with E-state index in [0.29, 0.717) is 11.8 Å². The number of rotatable bonds is 7. The van der Waals surface area contributed by atoms with E-state index in [9.17, 15) is 39.5 Å². The quantitative estimate of drug-likeness (QED) is 0.271. The van der Waals surface area contributed by atoms with Crippen LogP contribution >= 0.6 is 11.8 Å². The van der Waals surface area contributed by atoms with Gasteiger partial charge in [0.15, 0.2) is 0 Å². The van der Waals surface area contributed by atoms with E-state index in [1.807, 2.05) is 0 Å². The summed E-state index contributed by atoms with van der Waals surface area (Å²) in [7, 11) is 0. The van der Waals surface area contributed by atoms with Crippen molar-refractivity contribution in [2.75, 3.05) is 0 Å². The van der Waals surface area contributed by atoms with E-state index >= 15 is 0 Å². The number of furan rings is 1. The Morgan fingerprint density at radius 2 is 1.69 bits per heavy atom. The van der Waals surface area contributed by atoms with Gasteiger partial charge in [0, 0.05) is 23.3 Å². The van der Waals surface area contributed by atoms with Crippen LogP contribution in [0.5, 0.6) is 0 Å². The second-order valence-electron chi connectivity index (χ2n) is 7.27. The minimum absolute atomic E-state index is 0.0278. The van der Waals surface area contributed by atoms with Gasteiger partial charge < -0.3 is 14.6 Å². The maximum Gasteiger partial charge on any atom is 0.335 e. The zero-order valence-electron chi connectivity index (χ0n) is 17.5. The number of para-hydroxylation sites is 1. The molecule has 2 amide bonds. The summed E-state index contributed by atoms with van der Waals surface area (Å²) in [6.07, 6.45) is 1.31. The van der Waals surface area contributed by atoms with Gasteiger partial charge >= 0.3 is 11.9 Å². The average molecular weight is 494 g/mol. The van der Waals surface area contributed by atoms with Gasteiger partial charge in [-0.1, -0.05) is 18.2 Å². The summed E-state index contributed by atoms with van der Waals surface area (Å²) in [6, 6.07) is 12.2. The molecule has 1 aliphatic rings. The summed E-state index contributed by atoms with van der Waals surface area (Å²) in [5.74, 6) is -2.96. The number of carboxylic acid groups (broad SMARTS) is 2. The molecule has 12 heteroatoms. The lowest BCUT2D eigenvalue weighted by Gasteiger charge is -2.12. The van der Waals surface area contributed by atoms with Crippen molar-refractivity contribution >= 4 is 46.6 Å². The molecule has 1 aliphatic heterocycles. The first-order valence-electron chi connectivity index (χ1n) is 9.83. The lowest BCUT2D eigenvalue weighted by molar-refractivity contribution is -0.385. The molecule has 176 valence electrons. The fraction of sp³-hybridized carbons (Fsp3) is 0.0435. The first-order chi connectivity index (χ1) is 16.6. The molecule has 0 spiro atoms. The maximum absolute atomic E-state index is 12.8. The Hall–Kier alpha value is -4.71.